The van der Waals surface area contributed by atoms with Gasteiger partial charge in [-0.25, -0.2) is 0 Å². The first kappa shape index (κ1) is 20.6. The number of hydrogen-bond donors (Lipinski definition) is 0. The maximum atomic E-state index is 12.4. The van der Waals surface area contributed by atoms with Crippen molar-refractivity contribution in [1.82, 2.24) is 0 Å². The van der Waals surface area contributed by atoms with Gasteiger partial charge in [-0.3, -0.25) is 9.59 Å². The maximum absolute atomic E-state index is 12.4. The van der Waals surface area contributed by atoms with Gasteiger partial charge in [-0.1, -0.05) is 50.0 Å². The zero-order valence-corrected chi connectivity index (χ0v) is 19.9. The van der Waals surface area contributed by atoms with E-state index in [0.29, 0.717) is 35.7 Å². The molecule has 6 atom stereocenters. The molecule has 0 bridgehead atoms. The van der Waals surface area contributed by atoms with Crippen LogP contribution in [0.4, 0.5) is 0 Å². The van der Waals surface area contributed by atoms with Crippen molar-refractivity contribution < 1.29 is 14.3 Å². The third kappa shape index (κ3) is 2.85. The minimum absolute atomic E-state index is 0.0112. The molecule has 1 aliphatic heterocycles. The van der Waals surface area contributed by atoms with Gasteiger partial charge in [-0.05, 0) is 56.8 Å². The molecule has 1 spiro atoms. The summed E-state index contributed by atoms with van der Waals surface area (Å²) < 4.78 is 6.14. The third-order valence-electron chi connectivity index (χ3n) is 10.3. The van der Waals surface area contributed by atoms with Crippen LogP contribution in [-0.4, -0.2) is 27.9 Å². The van der Waals surface area contributed by atoms with Gasteiger partial charge in [0.15, 0.2) is 0 Å². The second kappa shape index (κ2) is 6.98. The Morgan fingerprint density at radius 3 is 2.58 bits per heavy atom. The first-order valence-electron chi connectivity index (χ1n) is 12.7. The molecule has 0 aromatic heterocycles. The standard InChI is InChI=1S/C27H36O3S/c1-25-11-7-18(28)15-17(25)16-22(31-19-5-3-4-6-19)24-20(25)8-12-26(2)21(24)9-13-27(26)14-10-23(29)30-27/h8,16,19,21-22,24H,3-7,9-15H2,1-2H3/t21?,22-,24?,25+,26+,27-/m1/s1. The monoisotopic (exact) mass is 440 g/mol. The molecule has 4 heteroatoms. The number of esters is 1. The van der Waals surface area contributed by atoms with E-state index >= 15 is 0 Å². The van der Waals surface area contributed by atoms with Crippen molar-refractivity contribution in [2.75, 3.05) is 0 Å². The van der Waals surface area contributed by atoms with Crippen molar-refractivity contribution in [1.29, 1.82) is 0 Å². The molecule has 6 aliphatic rings. The van der Waals surface area contributed by atoms with Gasteiger partial charge >= 0.3 is 5.97 Å². The molecule has 0 amide bonds. The fourth-order valence-corrected chi connectivity index (χ4v) is 10.2. The van der Waals surface area contributed by atoms with Crippen molar-refractivity contribution in [2.45, 2.75) is 107 Å². The molecule has 6 rings (SSSR count). The van der Waals surface area contributed by atoms with E-state index in [1.165, 1.54) is 37.7 Å². The summed E-state index contributed by atoms with van der Waals surface area (Å²) in [5, 5.41) is 1.24. The average molecular weight is 441 g/mol. The summed E-state index contributed by atoms with van der Waals surface area (Å²) in [7, 11) is 0. The quantitative estimate of drug-likeness (QED) is 0.380. The van der Waals surface area contributed by atoms with Crippen molar-refractivity contribution in [3.63, 3.8) is 0 Å². The third-order valence-corrected chi connectivity index (χ3v) is 11.9. The number of ketones is 1. The van der Waals surface area contributed by atoms with E-state index < -0.39 is 0 Å². The zero-order chi connectivity index (χ0) is 21.4. The molecule has 0 aromatic carbocycles. The van der Waals surface area contributed by atoms with Crippen LogP contribution < -0.4 is 0 Å². The van der Waals surface area contributed by atoms with E-state index in [0.717, 1.165) is 37.4 Å². The molecule has 5 aliphatic carbocycles. The highest BCUT2D eigenvalue weighted by atomic mass is 32.2. The summed E-state index contributed by atoms with van der Waals surface area (Å²) >= 11 is 2.21. The van der Waals surface area contributed by atoms with Crippen molar-refractivity contribution >= 4 is 23.5 Å². The van der Waals surface area contributed by atoms with Crippen molar-refractivity contribution in [3.8, 4) is 0 Å². The summed E-state index contributed by atoms with van der Waals surface area (Å²) in [6.45, 7) is 4.85. The van der Waals surface area contributed by atoms with E-state index in [4.69, 9.17) is 4.74 Å². The first-order chi connectivity index (χ1) is 14.8. The Hall–Kier alpha value is -1.03. The molecule has 0 N–H and O–H groups in total. The molecule has 168 valence electrons. The van der Waals surface area contributed by atoms with Gasteiger partial charge in [0.2, 0.25) is 0 Å². The Bertz CT molecular complexity index is 883. The highest BCUT2D eigenvalue weighted by Gasteiger charge is 2.66. The normalized spacial score (nSPS) is 47.0. The van der Waals surface area contributed by atoms with Crippen LogP contribution in [-0.2, 0) is 14.3 Å². The van der Waals surface area contributed by atoms with Gasteiger partial charge in [-0.15, -0.1) is 0 Å². The van der Waals surface area contributed by atoms with Gasteiger partial charge in [0.05, 0.1) is 0 Å². The SMILES string of the molecule is C[C@]12CCC(=O)CC1=C[C@@H](SC1CCCC1)C1C2=CC[C@@]2(C)C1CC[C@@]21CCC(=O)O1. The lowest BCUT2D eigenvalue weighted by molar-refractivity contribution is -0.160. The Balaban J connectivity index is 1.42. The van der Waals surface area contributed by atoms with E-state index in [1.54, 1.807) is 5.57 Å². The number of carbonyl (C=O) groups is 2. The first-order valence-corrected chi connectivity index (χ1v) is 13.6. The van der Waals surface area contributed by atoms with Gasteiger partial charge in [0.1, 0.15) is 11.4 Å². The molecule has 3 nitrogen and oxygen atoms in total. The van der Waals surface area contributed by atoms with Crippen LogP contribution in [0.3, 0.4) is 0 Å². The molecule has 0 radical (unpaired) electrons. The number of carbonyl (C=O) groups excluding carboxylic acids is 2. The Morgan fingerprint density at radius 2 is 1.84 bits per heavy atom. The number of Topliss-reactive ketones (excluding diaryl/α,β-unsaturated/α-hetero) is 1. The minimum Gasteiger partial charge on any atom is -0.458 e. The Morgan fingerprint density at radius 1 is 1.03 bits per heavy atom. The number of rotatable bonds is 2. The van der Waals surface area contributed by atoms with Crippen LogP contribution in [0.1, 0.15) is 90.9 Å². The minimum atomic E-state index is -0.243. The topological polar surface area (TPSA) is 43.4 Å². The summed E-state index contributed by atoms with van der Waals surface area (Å²) in [5.74, 6) is 1.54. The smallest absolute Gasteiger partial charge is 0.306 e. The highest BCUT2D eigenvalue weighted by molar-refractivity contribution is 8.00. The number of fused-ring (bicyclic) bond motifs is 6. The lowest BCUT2D eigenvalue weighted by atomic mass is 9.51. The summed E-state index contributed by atoms with van der Waals surface area (Å²) in [6, 6.07) is 0. The second-order valence-corrected chi connectivity index (χ2v) is 13.2. The molecule has 1 heterocycles. The van der Waals surface area contributed by atoms with Crippen LogP contribution in [0.5, 0.6) is 0 Å². The number of thioether (sulfide) groups is 1. The number of allylic oxidation sites excluding steroid dienone is 3. The molecule has 1 saturated heterocycles. The fourth-order valence-electron chi connectivity index (χ4n) is 8.41. The summed E-state index contributed by atoms with van der Waals surface area (Å²) in [6.07, 6.45) is 17.6. The largest absolute Gasteiger partial charge is 0.458 e. The summed E-state index contributed by atoms with van der Waals surface area (Å²) in [5.41, 5.74) is 2.91. The molecule has 3 saturated carbocycles. The Labute approximate surface area is 190 Å². The molecule has 2 unspecified atom stereocenters. The molecular formula is C27H36O3S. The van der Waals surface area contributed by atoms with Crippen molar-refractivity contribution in [3.05, 3.63) is 23.3 Å². The maximum Gasteiger partial charge on any atom is 0.306 e. The lowest BCUT2D eigenvalue weighted by Gasteiger charge is -2.56. The predicted molar refractivity (Wildman–Crippen MR) is 124 cm³/mol. The molecular weight excluding hydrogens is 404 g/mol. The fraction of sp³-hybridized carbons (Fsp3) is 0.778. The van der Waals surface area contributed by atoms with Crippen LogP contribution in [0.15, 0.2) is 23.3 Å². The summed E-state index contributed by atoms with van der Waals surface area (Å²) in [4.78, 5) is 24.6. The van der Waals surface area contributed by atoms with Gasteiger partial charge in [-0.2, -0.15) is 11.8 Å². The van der Waals surface area contributed by atoms with Crippen LogP contribution in [0, 0.1) is 22.7 Å². The van der Waals surface area contributed by atoms with E-state index in [-0.39, 0.29) is 22.4 Å². The van der Waals surface area contributed by atoms with Gasteiger partial charge in [0, 0.05) is 40.6 Å². The van der Waals surface area contributed by atoms with E-state index in [1.807, 2.05) is 0 Å². The van der Waals surface area contributed by atoms with Crippen LogP contribution >= 0.6 is 11.8 Å². The molecule has 31 heavy (non-hydrogen) atoms. The lowest BCUT2D eigenvalue weighted by Crippen LogP contribution is -2.53. The van der Waals surface area contributed by atoms with E-state index in [2.05, 4.69) is 37.8 Å². The number of hydrogen-bond acceptors (Lipinski definition) is 4. The zero-order valence-electron chi connectivity index (χ0n) is 19.1. The number of ether oxygens (including phenoxy) is 1. The molecule has 4 fully saturated rings. The van der Waals surface area contributed by atoms with Crippen molar-refractivity contribution in [2.24, 2.45) is 22.7 Å². The van der Waals surface area contributed by atoms with Gasteiger partial charge < -0.3 is 4.74 Å². The average Bonchev–Trinajstić information content (AvgIpc) is 3.44. The highest BCUT2D eigenvalue weighted by Crippen LogP contribution is 2.68. The molecule has 0 aromatic rings. The second-order valence-electron chi connectivity index (χ2n) is 11.7. The van der Waals surface area contributed by atoms with E-state index in [9.17, 15) is 9.59 Å². The van der Waals surface area contributed by atoms with Gasteiger partial charge in [0.25, 0.3) is 0 Å². The Kier molecular flexibility index (Phi) is 4.63. The predicted octanol–water partition coefficient (Wildman–Crippen LogP) is 6.17. The van der Waals surface area contributed by atoms with Crippen LogP contribution in [0.25, 0.3) is 0 Å². The van der Waals surface area contributed by atoms with Crippen LogP contribution in [0.2, 0.25) is 0 Å².